The molecule has 0 bridgehead atoms. The van der Waals surface area contributed by atoms with E-state index in [2.05, 4.69) is 38.3 Å². The number of hydrogen-bond acceptors (Lipinski definition) is 6. The standard InChI is InChI=1S/C21H19BrN4O2S/c1-2-3-12-29-21-24-20(28)17-15-6-4-5-7-16(15)23-19(26(17)25-21)18(27)13-8-10-14(22)11-9-13/h4-11,19H,2-3,12H2,1H3,(H,24,25,28)/t19-/m0/s1. The van der Waals surface area contributed by atoms with Gasteiger partial charge >= 0.3 is 0 Å². The Labute approximate surface area is 180 Å². The van der Waals surface area contributed by atoms with Gasteiger partial charge in [0.05, 0.1) is 5.36 Å². The highest BCUT2D eigenvalue weighted by molar-refractivity contribution is 9.10. The van der Waals surface area contributed by atoms with Crippen molar-refractivity contribution in [3.8, 4) is 0 Å². The van der Waals surface area contributed by atoms with Gasteiger partial charge in [0, 0.05) is 21.0 Å². The quantitative estimate of drug-likeness (QED) is 0.538. The number of halogens is 1. The number of carbonyl (C=O) groups is 2. The number of Topliss-reactive ketones (excluding diaryl/α,β-unsaturated/α-hetero) is 1. The van der Waals surface area contributed by atoms with Crippen molar-refractivity contribution in [3.05, 3.63) is 69.1 Å². The van der Waals surface area contributed by atoms with E-state index in [1.54, 1.807) is 12.1 Å². The number of hydrazone groups is 1. The van der Waals surface area contributed by atoms with Gasteiger partial charge in [0.25, 0.3) is 5.91 Å². The first kappa shape index (κ1) is 19.8. The Morgan fingerprint density at radius 1 is 1.21 bits per heavy atom. The first-order valence-electron chi connectivity index (χ1n) is 9.37. The van der Waals surface area contributed by atoms with Gasteiger partial charge in [-0.25, -0.2) is 10.0 Å². The Morgan fingerprint density at radius 3 is 2.72 bits per heavy atom. The van der Waals surface area contributed by atoms with E-state index in [0.29, 0.717) is 27.0 Å². The minimum Gasteiger partial charge on any atom is -0.298 e. The third kappa shape index (κ3) is 4.00. The van der Waals surface area contributed by atoms with Gasteiger partial charge in [0.1, 0.15) is 5.70 Å². The van der Waals surface area contributed by atoms with Crippen LogP contribution in [0.3, 0.4) is 0 Å². The summed E-state index contributed by atoms with van der Waals surface area (Å²) in [6.45, 7) is 2.11. The fraction of sp³-hybridized carbons (Fsp3) is 0.238. The number of nitrogens with one attached hydrogen (secondary N) is 1. The Balaban J connectivity index is 1.80. The number of unbranched alkanes of at least 4 members (excludes halogenated alkanes) is 1. The number of rotatable bonds is 5. The van der Waals surface area contributed by atoms with Gasteiger partial charge in [-0.1, -0.05) is 71.4 Å². The third-order valence-electron chi connectivity index (χ3n) is 4.62. The Morgan fingerprint density at radius 2 is 1.97 bits per heavy atom. The van der Waals surface area contributed by atoms with Gasteiger partial charge < -0.3 is 0 Å². The van der Waals surface area contributed by atoms with Gasteiger partial charge in [0.2, 0.25) is 11.9 Å². The van der Waals surface area contributed by atoms with Crippen molar-refractivity contribution in [3.63, 3.8) is 0 Å². The highest BCUT2D eigenvalue weighted by Crippen LogP contribution is 2.24. The van der Waals surface area contributed by atoms with Crippen molar-refractivity contribution in [2.45, 2.75) is 25.9 Å². The largest absolute Gasteiger partial charge is 0.298 e. The van der Waals surface area contributed by atoms with E-state index in [4.69, 9.17) is 0 Å². The van der Waals surface area contributed by atoms with E-state index in [1.807, 2.05) is 36.4 Å². The molecule has 6 nitrogen and oxygen atoms in total. The summed E-state index contributed by atoms with van der Waals surface area (Å²) in [5.41, 5.74) is 0.868. The van der Waals surface area contributed by atoms with Crippen molar-refractivity contribution in [2.24, 2.45) is 10.1 Å². The molecule has 8 heteroatoms. The van der Waals surface area contributed by atoms with Crippen molar-refractivity contribution in [1.82, 2.24) is 10.3 Å². The molecule has 148 valence electrons. The molecule has 0 saturated heterocycles. The van der Waals surface area contributed by atoms with Crippen LogP contribution in [0.2, 0.25) is 0 Å². The average Bonchev–Trinajstić information content (AvgIpc) is 2.73. The summed E-state index contributed by atoms with van der Waals surface area (Å²) in [5.74, 6) is 0.369. The van der Waals surface area contributed by atoms with Crippen LogP contribution in [-0.2, 0) is 4.79 Å². The number of benzene rings is 2. The lowest BCUT2D eigenvalue weighted by Gasteiger charge is -2.33. The second-order valence-corrected chi connectivity index (χ2v) is 8.64. The van der Waals surface area contributed by atoms with Crippen LogP contribution in [0.4, 0.5) is 0 Å². The predicted molar refractivity (Wildman–Crippen MR) is 118 cm³/mol. The molecule has 2 aromatic rings. The molecule has 29 heavy (non-hydrogen) atoms. The second-order valence-electron chi connectivity index (χ2n) is 6.65. The van der Waals surface area contributed by atoms with Crippen molar-refractivity contribution < 1.29 is 9.59 Å². The lowest BCUT2D eigenvalue weighted by atomic mass is 10.1. The van der Waals surface area contributed by atoms with Crippen LogP contribution in [0, 0.1) is 0 Å². The monoisotopic (exact) mass is 470 g/mol. The van der Waals surface area contributed by atoms with E-state index in [0.717, 1.165) is 23.1 Å². The van der Waals surface area contributed by atoms with Gasteiger partial charge in [0.15, 0.2) is 5.17 Å². The van der Waals surface area contributed by atoms with Crippen molar-refractivity contribution in [2.75, 3.05) is 5.75 Å². The normalized spacial score (nSPS) is 17.7. The smallest absolute Gasteiger partial charge is 0.276 e. The number of ketones is 1. The topological polar surface area (TPSA) is 74.1 Å². The van der Waals surface area contributed by atoms with Gasteiger partial charge in [-0.05, 0) is 24.6 Å². The molecule has 0 unspecified atom stereocenters. The van der Waals surface area contributed by atoms with Crippen LogP contribution in [0.25, 0.3) is 5.70 Å². The first-order valence-corrected chi connectivity index (χ1v) is 11.2. The Kier molecular flexibility index (Phi) is 5.82. The number of amides is 1. The molecular weight excluding hydrogens is 452 g/mol. The molecule has 0 fully saturated rings. The molecule has 2 aliphatic heterocycles. The highest BCUT2D eigenvalue weighted by Gasteiger charge is 2.37. The highest BCUT2D eigenvalue weighted by atomic mass is 79.9. The van der Waals surface area contributed by atoms with E-state index in [9.17, 15) is 9.59 Å². The zero-order chi connectivity index (χ0) is 20.4. The lowest BCUT2D eigenvalue weighted by Crippen LogP contribution is -2.54. The summed E-state index contributed by atoms with van der Waals surface area (Å²) in [5, 5.41) is 10.7. The molecule has 0 spiro atoms. The second kappa shape index (κ2) is 8.51. The number of fused-ring (bicyclic) bond motifs is 2. The minimum atomic E-state index is -0.922. The maximum Gasteiger partial charge on any atom is 0.276 e. The van der Waals surface area contributed by atoms with Crippen LogP contribution >= 0.6 is 27.7 Å². The van der Waals surface area contributed by atoms with Crippen LogP contribution in [0.15, 0.2) is 63.1 Å². The third-order valence-corrected chi connectivity index (χ3v) is 6.09. The summed E-state index contributed by atoms with van der Waals surface area (Å²) in [7, 11) is 0. The number of carbonyl (C=O) groups excluding carboxylic acids is 2. The van der Waals surface area contributed by atoms with Crippen LogP contribution < -0.4 is 15.9 Å². The van der Waals surface area contributed by atoms with Crippen molar-refractivity contribution >= 4 is 50.2 Å². The molecule has 2 aliphatic rings. The SMILES string of the molecule is CCCCSC1=NN2C(=c3ccccc3=N[C@@H]2C(=O)c2ccc(Br)cc2)C(=O)N1. The molecule has 0 saturated carbocycles. The van der Waals surface area contributed by atoms with Crippen molar-refractivity contribution in [1.29, 1.82) is 0 Å². The molecule has 0 aliphatic carbocycles. The Bertz CT molecular complexity index is 1110. The summed E-state index contributed by atoms with van der Waals surface area (Å²) < 4.78 is 0.886. The van der Waals surface area contributed by atoms with E-state index >= 15 is 0 Å². The molecule has 2 heterocycles. The zero-order valence-electron chi connectivity index (χ0n) is 15.8. The van der Waals surface area contributed by atoms with Crippen LogP contribution in [-0.4, -0.2) is 33.8 Å². The zero-order valence-corrected chi connectivity index (χ0v) is 18.2. The van der Waals surface area contributed by atoms with Gasteiger partial charge in [-0.2, -0.15) is 0 Å². The predicted octanol–water partition coefficient (Wildman–Crippen LogP) is 2.64. The fourth-order valence-electron chi connectivity index (χ4n) is 3.14. The molecule has 0 radical (unpaired) electrons. The fourth-order valence-corrected chi connectivity index (χ4v) is 4.34. The van der Waals surface area contributed by atoms with Crippen LogP contribution in [0.5, 0.6) is 0 Å². The summed E-state index contributed by atoms with van der Waals surface area (Å²) in [4.78, 5) is 30.9. The van der Waals surface area contributed by atoms with Gasteiger partial charge in [-0.15, -0.1) is 5.10 Å². The minimum absolute atomic E-state index is 0.208. The molecule has 1 amide bonds. The summed E-state index contributed by atoms with van der Waals surface area (Å²) in [6, 6.07) is 14.4. The van der Waals surface area contributed by atoms with Gasteiger partial charge in [-0.3, -0.25) is 14.9 Å². The molecule has 0 aromatic heterocycles. The number of thioether (sulfide) groups is 1. The van der Waals surface area contributed by atoms with E-state index < -0.39 is 6.17 Å². The average molecular weight is 471 g/mol. The number of hydrogen-bond donors (Lipinski definition) is 1. The lowest BCUT2D eigenvalue weighted by molar-refractivity contribution is -0.115. The first-order chi connectivity index (χ1) is 14.1. The summed E-state index contributed by atoms with van der Waals surface area (Å²) >= 11 is 4.86. The summed E-state index contributed by atoms with van der Waals surface area (Å²) in [6.07, 6.45) is 1.15. The number of amidine groups is 1. The molecular formula is C21H19BrN4O2S. The molecule has 1 atom stereocenters. The number of nitrogens with zero attached hydrogens (tertiary/aromatic N) is 3. The molecule has 2 aromatic carbocycles. The number of para-hydroxylation sites is 1. The Hall–Kier alpha value is -2.45. The maximum absolute atomic E-state index is 13.3. The van der Waals surface area contributed by atoms with Crippen LogP contribution in [0.1, 0.15) is 30.1 Å². The maximum atomic E-state index is 13.3. The van der Waals surface area contributed by atoms with E-state index in [-0.39, 0.29) is 11.7 Å². The molecule has 4 rings (SSSR count). The van der Waals surface area contributed by atoms with E-state index in [1.165, 1.54) is 16.8 Å². The molecule has 1 N–H and O–H groups in total.